The molecule has 3 aromatic rings. The Hall–Kier alpha value is -2.28. The van der Waals surface area contributed by atoms with Crippen molar-refractivity contribution in [1.29, 1.82) is 0 Å². The normalized spacial score (nSPS) is 14.8. The Labute approximate surface area is 180 Å². The van der Waals surface area contributed by atoms with Crippen molar-refractivity contribution in [3.05, 3.63) is 58.6 Å². The van der Waals surface area contributed by atoms with Crippen LogP contribution in [0, 0.1) is 0 Å². The summed E-state index contributed by atoms with van der Waals surface area (Å²) in [6.45, 7) is 4.87. The topological polar surface area (TPSA) is 37.8 Å². The molecule has 5 nitrogen and oxygen atoms in total. The summed E-state index contributed by atoms with van der Waals surface area (Å²) in [5.41, 5.74) is 3.35. The smallest absolute Gasteiger partial charge is 0.161 e. The number of hydrogen-bond donors (Lipinski definition) is 0. The number of benzene rings is 2. The van der Waals surface area contributed by atoms with Crippen LogP contribution in [0.25, 0.3) is 10.6 Å². The molecule has 1 aliphatic heterocycles. The zero-order valence-electron chi connectivity index (χ0n) is 16.6. The molecule has 1 saturated heterocycles. The summed E-state index contributed by atoms with van der Waals surface area (Å²) in [4.78, 5) is 9.68. The standard InChI is InChI=1S/C22H24ClN3O2S/c1-27-20-7-6-16(12-21(20)28-2)22-24-18(15-29-22)14-25-8-10-26(11-9-25)19-5-3-4-17(23)13-19/h3-7,12-13,15H,8-11,14H2,1-2H3. The number of rotatable bonds is 6. The molecule has 2 aromatic carbocycles. The number of thiazole rings is 1. The van der Waals surface area contributed by atoms with Gasteiger partial charge in [0, 0.05) is 54.4 Å². The van der Waals surface area contributed by atoms with Gasteiger partial charge < -0.3 is 14.4 Å². The summed E-state index contributed by atoms with van der Waals surface area (Å²) in [5.74, 6) is 1.45. The molecule has 0 bridgehead atoms. The molecular weight excluding hydrogens is 406 g/mol. The molecule has 0 N–H and O–H groups in total. The number of aromatic nitrogens is 1. The molecular formula is C22H24ClN3O2S. The van der Waals surface area contributed by atoms with Crippen LogP contribution in [0.4, 0.5) is 5.69 Å². The molecule has 0 spiro atoms. The minimum absolute atomic E-state index is 0.721. The van der Waals surface area contributed by atoms with Crippen LogP contribution in [0.2, 0.25) is 5.02 Å². The van der Waals surface area contributed by atoms with Gasteiger partial charge in [0.25, 0.3) is 0 Å². The van der Waals surface area contributed by atoms with Gasteiger partial charge in [0.05, 0.1) is 19.9 Å². The lowest BCUT2D eigenvalue weighted by molar-refractivity contribution is 0.247. The Morgan fingerprint density at radius 1 is 1.00 bits per heavy atom. The average molecular weight is 430 g/mol. The SMILES string of the molecule is COc1ccc(-c2nc(CN3CCN(c4cccc(Cl)c4)CC3)cs2)cc1OC. The molecule has 1 aliphatic rings. The van der Waals surface area contributed by atoms with E-state index in [2.05, 4.69) is 21.2 Å². The Kier molecular flexibility index (Phi) is 6.23. The number of anilines is 1. The van der Waals surface area contributed by atoms with Crippen molar-refractivity contribution in [2.45, 2.75) is 6.54 Å². The lowest BCUT2D eigenvalue weighted by Gasteiger charge is -2.35. The van der Waals surface area contributed by atoms with Crippen molar-refractivity contribution in [2.24, 2.45) is 0 Å². The summed E-state index contributed by atoms with van der Waals surface area (Å²) in [5, 5.41) is 3.93. The van der Waals surface area contributed by atoms with E-state index in [9.17, 15) is 0 Å². The summed E-state index contributed by atoms with van der Waals surface area (Å²) in [6, 6.07) is 14.0. The molecule has 7 heteroatoms. The number of nitrogens with zero attached hydrogens (tertiary/aromatic N) is 3. The fourth-order valence-electron chi connectivity index (χ4n) is 3.55. The molecule has 0 unspecified atom stereocenters. The zero-order chi connectivity index (χ0) is 20.2. The third-order valence-corrected chi connectivity index (χ3v) is 6.29. The number of piperazine rings is 1. The van der Waals surface area contributed by atoms with Crippen molar-refractivity contribution >= 4 is 28.6 Å². The van der Waals surface area contributed by atoms with Gasteiger partial charge in [0.15, 0.2) is 11.5 Å². The molecule has 152 valence electrons. The average Bonchev–Trinajstić information content (AvgIpc) is 3.22. The lowest BCUT2D eigenvalue weighted by Crippen LogP contribution is -2.46. The first-order valence-electron chi connectivity index (χ1n) is 9.56. The highest BCUT2D eigenvalue weighted by atomic mass is 35.5. The Balaban J connectivity index is 1.38. The van der Waals surface area contributed by atoms with E-state index in [1.807, 2.05) is 36.4 Å². The molecule has 0 saturated carbocycles. The van der Waals surface area contributed by atoms with Crippen LogP contribution in [-0.4, -0.2) is 50.3 Å². The summed E-state index contributed by atoms with van der Waals surface area (Å²) in [7, 11) is 3.29. The van der Waals surface area contributed by atoms with E-state index in [1.165, 1.54) is 5.69 Å². The van der Waals surface area contributed by atoms with Crippen LogP contribution in [0.1, 0.15) is 5.69 Å². The Morgan fingerprint density at radius 2 is 1.79 bits per heavy atom. The van der Waals surface area contributed by atoms with Gasteiger partial charge in [-0.15, -0.1) is 11.3 Å². The van der Waals surface area contributed by atoms with E-state index in [-0.39, 0.29) is 0 Å². The van der Waals surface area contributed by atoms with E-state index in [4.69, 9.17) is 26.1 Å². The third-order valence-electron chi connectivity index (χ3n) is 5.11. The monoisotopic (exact) mass is 429 g/mol. The quantitative estimate of drug-likeness (QED) is 0.562. The first-order chi connectivity index (χ1) is 14.2. The summed E-state index contributed by atoms with van der Waals surface area (Å²) in [6.07, 6.45) is 0. The highest BCUT2D eigenvalue weighted by Gasteiger charge is 2.19. The van der Waals surface area contributed by atoms with Crippen LogP contribution in [0.3, 0.4) is 0 Å². The minimum atomic E-state index is 0.721. The highest BCUT2D eigenvalue weighted by molar-refractivity contribution is 7.13. The van der Waals surface area contributed by atoms with Crippen LogP contribution in [0.15, 0.2) is 47.8 Å². The van der Waals surface area contributed by atoms with Crippen LogP contribution in [-0.2, 0) is 6.54 Å². The Bertz CT molecular complexity index is 970. The molecule has 4 rings (SSSR count). The second kappa shape index (κ2) is 9.03. The van der Waals surface area contributed by atoms with Gasteiger partial charge in [0.2, 0.25) is 0 Å². The first kappa shape index (κ1) is 20.0. The molecule has 0 amide bonds. The third kappa shape index (κ3) is 4.66. The summed E-state index contributed by atoms with van der Waals surface area (Å²) >= 11 is 7.79. The van der Waals surface area contributed by atoms with Gasteiger partial charge in [-0.1, -0.05) is 17.7 Å². The maximum atomic E-state index is 6.13. The molecule has 2 heterocycles. The van der Waals surface area contributed by atoms with Crippen LogP contribution < -0.4 is 14.4 Å². The number of ether oxygens (including phenoxy) is 2. The van der Waals surface area contributed by atoms with Crippen molar-refractivity contribution in [3.63, 3.8) is 0 Å². The molecule has 0 atom stereocenters. The first-order valence-corrected chi connectivity index (χ1v) is 10.8. The van der Waals surface area contributed by atoms with Crippen molar-refractivity contribution in [3.8, 4) is 22.1 Å². The van der Waals surface area contributed by atoms with Crippen LogP contribution >= 0.6 is 22.9 Å². The van der Waals surface area contributed by atoms with E-state index in [1.54, 1.807) is 25.6 Å². The maximum absolute atomic E-state index is 6.13. The largest absolute Gasteiger partial charge is 0.493 e. The van der Waals surface area contributed by atoms with Gasteiger partial charge in [-0.05, 0) is 36.4 Å². The van der Waals surface area contributed by atoms with Gasteiger partial charge in [-0.3, -0.25) is 4.90 Å². The maximum Gasteiger partial charge on any atom is 0.161 e. The van der Waals surface area contributed by atoms with E-state index in [0.717, 1.165) is 65.5 Å². The van der Waals surface area contributed by atoms with E-state index in [0.29, 0.717) is 0 Å². The lowest BCUT2D eigenvalue weighted by atomic mass is 10.2. The molecule has 29 heavy (non-hydrogen) atoms. The molecule has 1 fully saturated rings. The number of halogens is 1. The Morgan fingerprint density at radius 3 is 2.52 bits per heavy atom. The number of hydrogen-bond acceptors (Lipinski definition) is 6. The fourth-order valence-corrected chi connectivity index (χ4v) is 4.54. The van der Waals surface area contributed by atoms with Crippen molar-refractivity contribution < 1.29 is 9.47 Å². The second-order valence-electron chi connectivity index (χ2n) is 6.96. The van der Waals surface area contributed by atoms with Crippen LogP contribution in [0.5, 0.6) is 11.5 Å². The fraction of sp³-hybridized carbons (Fsp3) is 0.318. The number of methoxy groups -OCH3 is 2. The van der Waals surface area contributed by atoms with Crippen molar-refractivity contribution in [1.82, 2.24) is 9.88 Å². The molecule has 1 aromatic heterocycles. The predicted molar refractivity (Wildman–Crippen MR) is 120 cm³/mol. The molecule has 0 aliphatic carbocycles. The molecule has 0 radical (unpaired) electrons. The predicted octanol–water partition coefficient (Wildman–Crippen LogP) is 4.80. The minimum Gasteiger partial charge on any atom is -0.493 e. The van der Waals surface area contributed by atoms with Gasteiger partial charge in [0.1, 0.15) is 5.01 Å². The highest BCUT2D eigenvalue weighted by Crippen LogP contribution is 2.33. The zero-order valence-corrected chi connectivity index (χ0v) is 18.2. The van der Waals surface area contributed by atoms with E-state index < -0.39 is 0 Å². The van der Waals surface area contributed by atoms with Gasteiger partial charge >= 0.3 is 0 Å². The van der Waals surface area contributed by atoms with E-state index >= 15 is 0 Å². The summed E-state index contributed by atoms with van der Waals surface area (Å²) < 4.78 is 10.7. The van der Waals surface area contributed by atoms with Crippen molar-refractivity contribution in [2.75, 3.05) is 45.3 Å². The van der Waals surface area contributed by atoms with Gasteiger partial charge in [-0.25, -0.2) is 4.98 Å². The van der Waals surface area contributed by atoms with Gasteiger partial charge in [-0.2, -0.15) is 0 Å². The second-order valence-corrected chi connectivity index (χ2v) is 8.25.